The Balaban J connectivity index is 2.54. The molecule has 1 aromatic rings. The number of aromatic nitrogens is 2. The summed E-state index contributed by atoms with van der Waals surface area (Å²) in [5, 5.41) is 5.73. The molecule has 0 radical (unpaired) electrons. The third-order valence-electron chi connectivity index (χ3n) is 1.98. The van der Waals surface area contributed by atoms with E-state index in [1.54, 1.807) is 0 Å². The van der Waals surface area contributed by atoms with E-state index in [-0.39, 0.29) is 0 Å². The number of nitrogens with zero attached hydrogens (tertiary/aromatic N) is 2. The van der Waals surface area contributed by atoms with Gasteiger partial charge < -0.3 is 16.4 Å². The summed E-state index contributed by atoms with van der Waals surface area (Å²) < 4.78 is 0. The van der Waals surface area contributed by atoms with Gasteiger partial charge in [-0.05, 0) is 13.8 Å². The summed E-state index contributed by atoms with van der Waals surface area (Å²) in [6, 6.07) is -0.556. The molecule has 0 aliphatic rings. The van der Waals surface area contributed by atoms with Crippen molar-refractivity contribution in [2.45, 2.75) is 13.8 Å². The van der Waals surface area contributed by atoms with Gasteiger partial charge in [0.25, 0.3) is 0 Å². The average molecular weight is 244 g/mol. The minimum absolute atomic E-state index is 0.321. The van der Waals surface area contributed by atoms with Crippen molar-refractivity contribution in [3.63, 3.8) is 0 Å². The second-order valence-corrected chi connectivity index (χ2v) is 3.61. The molecular formula is C9H14ClN5O. The zero-order chi connectivity index (χ0) is 12.1. The van der Waals surface area contributed by atoms with Crippen LogP contribution in [0.4, 0.5) is 10.6 Å². The van der Waals surface area contributed by atoms with Gasteiger partial charge in [0.2, 0.25) is 0 Å². The Morgan fingerprint density at radius 3 is 2.56 bits per heavy atom. The summed E-state index contributed by atoms with van der Waals surface area (Å²) in [6.45, 7) is 4.58. The van der Waals surface area contributed by atoms with Gasteiger partial charge in [0.05, 0.1) is 11.4 Å². The summed E-state index contributed by atoms with van der Waals surface area (Å²) >= 11 is 5.89. The van der Waals surface area contributed by atoms with E-state index in [9.17, 15) is 4.79 Å². The largest absolute Gasteiger partial charge is 0.366 e. The Morgan fingerprint density at radius 2 is 1.94 bits per heavy atom. The van der Waals surface area contributed by atoms with Crippen LogP contribution >= 0.6 is 11.6 Å². The standard InChI is InChI=1S/C9H14ClN5O/c1-5-6(2)15-8(7(10)14-5)12-3-4-13-9(11)16/h3-4H2,1-2H3,(H,12,15)(H3,11,13,16). The monoisotopic (exact) mass is 243 g/mol. The van der Waals surface area contributed by atoms with Crippen LogP contribution in [0.5, 0.6) is 0 Å². The second kappa shape index (κ2) is 5.50. The van der Waals surface area contributed by atoms with E-state index in [4.69, 9.17) is 17.3 Å². The number of nitrogens with two attached hydrogens (primary N) is 1. The van der Waals surface area contributed by atoms with Gasteiger partial charge in [-0.3, -0.25) is 0 Å². The Kier molecular flexibility index (Phi) is 4.30. The molecule has 2 amide bonds. The fraction of sp³-hybridized carbons (Fsp3) is 0.444. The van der Waals surface area contributed by atoms with Crippen LogP contribution in [0, 0.1) is 13.8 Å². The van der Waals surface area contributed by atoms with Gasteiger partial charge in [0, 0.05) is 13.1 Å². The van der Waals surface area contributed by atoms with E-state index in [0.717, 1.165) is 11.4 Å². The minimum atomic E-state index is -0.556. The van der Waals surface area contributed by atoms with Crippen LogP contribution < -0.4 is 16.4 Å². The van der Waals surface area contributed by atoms with Gasteiger partial charge in [-0.2, -0.15) is 0 Å². The predicted octanol–water partition coefficient (Wildman–Crippen LogP) is 0.827. The highest BCUT2D eigenvalue weighted by Gasteiger charge is 2.05. The number of hydrogen-bond acceptors (Lipinski definition) is 4. The van der Waals surface area contributed by atoms with Crippen molar-refractivity contribution in [1.82, 2.24) is 15.3 Å². The lowest BCUT2D eigenvalue weighted by Gasteiger charge is -2.09. The number of aryl methyl sites for hydroxylation is 2. The molecule has 0 saturated heterocycles. The molecule has 1 rings (SSSR count). The van der Waals surface area contributed by atoms with Crippen LogP contribution in [0.1, 0.15) is 11.4 Å². The zero-order valence-electron chi connectivity index (χ0n) is 9.17. The molecule has 88 valence electrons. The fourth-order valence-corrected chi connectivity index (χ4v) is 1.29. The Bertz CT molecular complexity index is 396. The lowest BCUT2D eigenvalue weighted by molar-refractivity contribution is 0.249. The Hall–Kier alpha value is -1.56. The number of halogens is 1. The molecule has 0 bridgehead atoms. The second-order valence-electron chi connectivity index (χ2n) is 3.25. The number of primary amides is 1. The van der Waals surface area contributed by atoms with Gasteiger partial charge in [-0.15, -0.1) is 0 Å². The van der Waals surface area contributed by atoms with Gasteiger partial charge in [0.15, 0.2) is 11.0 Å². The maximum Gasteiger partial charge on any atom is 0.312 e. The maximum atomic E-state index is 10.4. The molecule has 0 atom stereocenters. The molecular weight excluding hydrogens is 230 g/mol. The summed E-state index contributed by atoms with van der Waals surface area (Å²) in [4.78, 5) is 18.8. The van der Waals surface area contributed by atoms with Crippen molar-refractivity contribution in [2.24, 2.45) is 5.73 Å². The number of carbonyl (C=O) groups is 1. The number of carbonyl (C=O) groups excluding carboxylic acids is 1. The van der Waals surface area contributed by atoms with Crippen molar-refractivity contribution in [1.29, 1.82) is 0 Å². The number of urea groups is 1. The lowest BCUT2D eigenvalue weighted by atomic mass is 10.3. The summed E-state index contributed by atoms with van der Waals surface area (Å²) in [5.41, 5.74) is 6.53. The number of nitrogens with one attached hydrogen (secondary N) is 2. The molecule has 0 spiro atoms. The van der Waals surface area contributed by atoms with Crippen molar-refractivity contribution in [3.8, 4) is 0 Å². The van der Waals surface area contributed by atoms with Crippen LogP contribution in [-0.4, -0.2) is 29.1 Å². The predicted molar refractivity (Wildman–Crippen MR) is 62.6 cm³/mol. The van der Waals surface area contributed by atoms with Crippen molar-refractivity contribution < 1.29 is 4.79 Å². The lowest BCUT2D eigenvalue weighted by Crippen LogP contribution is -2.33. The maximum absolute atomic E-state index is 10.4. The molecule has 4 N–H and O–H groups in total. The number of hydrogen-bond donors (Lipinski definition) is 3. The molecule has 1 aromatic heterocycles. The van der Waals surface area contributed by atoms with Crippen LogP contribution in [0.25, 0.3) is 0 Å². The average Bonchev–Trinajstić information content (AvgIpc) is 2.19. The molecule has 16 heavy (non-hydrogen) atoms. The van der Waals surface area contributed by atoms with E-state index in [2.05, 4.69) is 20.6 Å². The van der Waals surface area contributed by atoms with E-state index in [0.29, 0.717) is 24.1 Å². The zero-order valence-corrected chi connectivity index (χ0v) is 9.93. The molecule has 6 nitrogen and oxygen atoms in total. The molecule has 0 aliphatic carbocycles. The van der Waals surface area contributed by atoms with Gasteiger partial charge >= 0.3 is 6.03 Å². The number of anilines is 1. The molecule has 0 unspecified atom stereocenters. The van der Waals surface area contributed by atoms with Crippen molar-refractivity contribution >= 4 is 23.4 Å². The van der Waals surface area contributed by atoms with E-state index >= 15 is 0 Å². The van der Waals surface area contributed by atoms with E-state index in [1.807, 2.05) is 13.8 Å². The normalized spacial score (nSPS) is 9.94. The summed E-state index contributed by atoms with van der Waals surface area (Å²) in [6.07, 6.45) is 0. The minimum Gasteiger partial charge on any atom is -0.366 e. The third-order valence-corrected chi connectivity index (χ3v) is 2.24. The first-order valence-corrected chi connectivity index (χ1v) is 5.16. The number of amides is 2. The SMILES string of the molecule is Cc1nc(Cl)c(NCCNC(N)=O)nc1C. The first-order valence-electron chi connectivity index (χ1n) is 4.78. The van der Waals surface area contributed by atoms with Crippen LogP contribution in [-0.2, 0) is 0 Å². The molecule has 0 fully saturated rings. The first-order chi connectivity index (χ1) is 7.50. The fourth-order valence-electron chi connectivity index (χ4n) is 1.05. The van der Waals surface area contributed by atoms with Gasteiger partial charge in [0.1, 0.15) is 0 Å². The van der Waals surface area contributed by atoms with Crippen LogP contribution in [0.15, 0.2) is 0 Å². The van der Waals surface area contributed by atoms with Gasteiger partial charge in [-0.1, -0.05) is 11.6 Å². The summed E-state index contributed by atoms with van der Waals surface area (Å²) in [5.74, 6) is 0.510. The quantitative estimate of drug-likeness (QED) is 0.683. The smallest absolute Gasteiger partial charge is 0.312 e. The molecule has 0 aromatic carbocycles. The topological polar surface area (TPSA) is 92.9 Å². The Labute approximate surface area is 98.6 Å². The van der Waals surface area contributed by atoms with Gasteiger partial charge in [-0.25, -0.2) is 14.8 Å². The van der Waals surface area contributed by atoms with E-state index in [1.165, 1.54) is 0 Å². The third kappa shape index (κ3) is 3.54. The first kappa shape index (κ1) is 12.5. The van der Waals surface area contributed by atoms with Crippen molar-refractivity contribution in [3.05, 3.63) is 16.5 Å². The highest BCUT2D eigenvalue weighted by Crippen LogP contribution is 2.17. The molecule has 7 heteroatoms. The van der Waals surface area contributed by atoms with Crippen molar-refractivity contribution in [2.75, 3.05) is 18.4 Å². The van der Waals surface area contributed by atoms with E-state index < -0.39 is 6.03 Å². The molecule has 0 saturated carbocycles. The Morgan fingerprint density at radius 1 is 1.31 bits per heavy atom. The van der Waals surface area contributed by atoms with Crippen LogP contribution in [0.3, 0.4) is 0 Å². The highest BCUT2D eigenvalue weighted by atomic mass is 35.5. The molecule has 0 aliphatic heterocycles. The summed E-state index contributed by atoms with van der Waals surface area (Å²) in [7, 11) is 0. The van der Waals surface area contributed by atoms with Crippen LogP contribution in [0.2, 0.25) is 5.15 Å². The number of rotatable bonds is 4. The highest BCUT2D eigenvalue weighted by molar-refractivity contribution is 6.31. The molecule has 1 heterocycles.